The van der Waals surface area contributed by atoms with Crippen molar-refractivity contribution in [2.45, 2.75) is 0 Å². The van der Waals surface area contributed by atoms with Crippen LogP contribution in [0.25, 0.3) is 23.0 Å². The van der Waals surface area contributed by atoms with Crippen LogP contribution in [0.3, 0.4) is 0 Å². The van der Waals surface area contributed by atoms with Crippen LogP contribution >= 0.6 is 0 Å². The molecule has 0 spiro atoms. The van der Waals surface area contributed by atoms with Crippen LogP contribution in [-0.2, 0) is 4.79 Å². The van der Waals surface area contributed by atoms with Crippen molar-refractivity contribution in [2.75, 3.05) is 39.3 Å². The van der Waals surface area contributed by atoms with E-state index in [4.69, 9.17) is 5.11 Å². The summed E-state index contributed by atoms with van der Waals surface area (Å²) in [5.41, 5.74) is 3.14. The number of hydrogen-bond donors (Lipinski definition) is 1. The van der Waals surface area contributed by atoms with Gasteiger partial charge in [-0.15, -0.1) is 0 Å². The smallest absolute Gasteiger partial charge is 0.246 e. The number of aromatic nitrogens is 2. The molecular formula is C24H25FN4O2. The largest absolute Gasteiger partial charge is 0.395 e. The molecule has 2 heterocycles. The predicted molar refractivity (Wildman–Crippen MR) is 118 cm³/mol. The van der Waals surface area contributed by atoms with Gasteiger partial charge in [-0.2, -0.15) is 5.10 Å². The lowest BCUT2D eigenvalue weighted by Crippen LogP contribution is -2.48. The lowest BCUT2D eigenvalue weighted by atomic mass is 10.1. The zero-order valence-corrected chi connectivity index (χ0v) is 17.2. The highest BCUT2D eigenvalue weighted by Gasteiger charge is 2.19. The molecule has 6 nitrogen and oxygen atoms in total. The van der Waals surface area contributed by atoms with Crippen LogP contribution in [0.15, 0.2) is 66.9 Å². The van der Waals surface area contributed by atoms with Crippen molar-refractivity contribution in [2.24, 2.45) is 0 Å². The van der Waals surface area contributed by atoms with E-state index in [-0.39, 0.29) is 18.3 Å². The SMILES string of the molecule is O=C(/C=C/c1cn(-c2ccccc2)nc1-c1ccc(F)cc1)N1CCN(CCO)CC1. The molecule has 4 rings (SSSR count). The second-order valence-electron chi connectivity index (χ2n) is 7.44. The second-order valence-corrected chi connectivity index (χ2v) is 7.44. The Hall–Kier alpha value is -3.29. The van der Waals surface area contributed by atoms with Crippen molar-refractivity contribution in [1.29, 1.82) is 0 Å². The minimum atomic E-state index is -0.307. The third-order valence-electron chi connectivity index (χ3n) is 5.39. The Bertz CT molecular complexity index is 1040. The number of amides is 1. The number of nitrogens with zero attached hydrogens (tertiary/aromatic N) is 4. The zero-order valence-electron chi connectivity index (χ0n) is 17.2. The molecule has 0 saturated carbocycles. The molecule has 1 saturated heterocycles. The number of β-amino-alcohol motifs (C(OH)–C–C–N with tert-alkyl or cyclic N) is 1. The van der Waals surface area contributed by atoms with Crippen molar-refractivity contribution in [3.05, 3.63) is 78.3 Å². The molecule has 3 aromatic rings. The molecule has 1 amide bonds. The molecule has 0 unspecified atom stereocenters. The Morgan fingerprint density at radius 2 is 1.74 bits per heavy atom. The molecule has 1 aliphatic rings. The molecule has 1 N–H and O–H groups in total. The van der Waals surface area contributed by atoms with Crippen LogP contribution in [0, 0.1) is 5.82 Å². The molecule has 160 valence electrons. The number of aliphatic hydroxyl groups excluding tert-OH is 1. The number of rotatable bonds is 6. The van der Waals surface area contributed by atoms with E-state index in [1.165, 1.54) is 12.1 Å². The van der Waals surface area contributed by atoms with Gasteiger partial charge in [-0.1, -0.05) is 18.2 Å². The monoisotopic (exact) mass is 420 g/mol. The van der Waals surface area contributed by atoms with Gasteiger partial charge >= 0.3 is 0 Å². The summed E-state index contributed by atoms with van der Waals surface area (Å²) in [7, 11) is 0. The van der Waals surface area contributed by atoms with Gasteiger partial charge in [0.1, 0.15) is 5.82 Å². The first-order valence-corrected chi connectivity index (χ1v) is 10.4. The first-order valence-electron chi connectivity index (χ1n) is 10.4. The molecule has 1 aromatic heterocycles. The van der Waals surface area contributed by atoms with Gasteiger partial charge in [0.05, 0.1) is 18.0 Å². The topological polar surface area (TPSA) is 61.6 Å². The highest BCUT2D eigenvalue weighted by atomic mass is 19.1. The molecule has 1 fully saturated rings. The zero-order chi connectivity index (χ0) is 21.6. The summed E-state index contributed by atoms with van der Waals surface area (Å²) in [6, 6.07) is 15.9. The number of hydrogen-bond acceptors (Lipinski definition) is 4. The van der Waals surface area contributed by atoms with Crippen molar-refractivity contribution < 1.29 is 14.3 Å². The lowest BCUT2D eigenvalue weighted by molar-refractivity contribution is -0.127. The maximum absolute atomic E-state index is 13.4. The highest BCUT2D eigenvalue weighted by molar-refractivity contribution is 5.93. The van der Waals surface area contributed by atoms with Crippen LogP contribution in [0.5, 0.6) is 0 Å². The summed E-state index contributed by atoms with van der Waals surface area (Å²) < 4.78 is 15.2. The van der Waals surface area contributed by atoms with Gasteiger partial charge in [0.25, 0.3) is 0 Å². The highest BCUT2D eigenvalue weighted by Crippen LogP contribution is 2.25. The van der Waals surface area contributed by atoms with E-state index in [9.17, 15) is 9.18 Å². The van der Waals surface area contributed by atoms with E-state index in [1.807, 2.05) is 41.4 Å². The van der Waals surface area contributed by atoms with Crippen molar-refractivity contribution in [1.82, 2.24) is 19.6 Å². The Morgan fingerprint density at radius 3 is 2.42 bits per heavy atom. The third-order valence-corrected chi connectivity index (χ3v) is 5.39. The minimum absolute atomic E-state index is 0.0545. The molecule has 1 aliphatic heterocycles. The molecule has 0 radical (unpaired) electrons. The molecule has 0 bridgehead atoms. The van der Waals surface area contributed by atoms with Gasteiger partial charge in [-0.25, -0.2) is 9.07 Å². The Morgan fingerprint density at radius 1 is 1.03 bits per heavy atom. The van der Waals surface area contributed by atoms with E-state index in [2.05, 4.69) is 10.00 Å². The van der Waals surface area contributed by atoms with Crippen molar-refractivity contribution >= 4 is 12.0 Å². The molecule has 2 aromatic carbocycles. The van der Waals surface area contributed by atoms with E-state index in [0.29, 0.717) is 25.3 Å². The van der Waals surface area contributed by atoms with Gasteiger partial charge in [-0.3, -0.25) is 9.69 Å². The Labute approximate surface area is 180 Å². The molecule has 0 atom stereocenters. The van der Waals surface area contributed by atoms with Gasteiger partial charge in [0.15, 0.2) is 0 Å². The number of carbonyl (C=O) groups is 1. The van der Waals surface area contributed by atoms with E-state index < -0.39 is 0 Å². The maximum Gasteiger partial charge on any atom is 0.246 e. The van der Waals surface area contributed by atoms with Gasteiger partial charge in [-0.05, 0) is 42.5 Å². The molecule has 7 heteroatoms. The fourth-order valence-corrected chi connectivity index (χ4v) is 3.65. The molecule has 0 aliphatic carbocycles. The Balaban J connectivity index is 1.57. The van der Waals surface area contributed by atoms with Gasteiger partial charge < -0.3 is 10.0 Å². The average molecular weight is 420 g/mol. The van der Waals surface area contributed by atoms with Gasteiger partial charge in [0, 0.05) is 56.1 Å². The van der Waals surface area contributed by atoms with Crippen LogP contribution in [0.4, 0.5) is 4.39 Å². The predicted octanol–water partition coefficient (Wildman–Crippen LogP) is 2.83. The summed E-state index contributed by atoms with van der Waals surface area (Å²) >= 11 is 0. The number of para-hydroxylation sites is 1. The maximum atomic E-state index is 13.4. The quantitative estimate of drug-likeness (QED) is 0.623. The van der Waals surface area contributed by atoms with Crippen LogP contribution in [0.1, 0.15) is 5.56 Å². The third kappa shape index (κ3) is 5.07. The molecule has 31 heavy (non-hydrogen) atoms. The van der Waals surface area contributed by atoms with Gasteiger partial charge in [0.2, 0.25) is 5.91 Å². The number of carbonyl (C=O) groups excluding carboxylic acids is 1. The number of benzene rings is 2. The average Bonchev–Trinajstić information content (AvgIpc) is 3.23. The van der Waals surface area contributed by atoms with Crippen LogP contribution in [0.2, 0.25) is 0 Å². The summed E-state index contributed by atoms with van der Waals surface area (Å²) in [6.45, 7) is 3.55. The van der Waals surface area contributed by atoms with Crippen LogP contribution < -0.4 is 0 Å². The summed E-state index contributed by atoms with van der Waals surface area (Å²) in [4.78, 5) is 16.7. The lowest BCUT2D eigenvalue weighted by Gasteiger charge is -2.33. The first kappa shape index (κ1) is 21.0. The van der Waals surface area contributed by atoms with Crippen molar-refractivity contribution in [3.8, 4) is 16.9 Å². The summed E-state index contributed by atoms with van der Waals surface area (Å²) in [6.07, 6.45) is 5.21. The molecular weight excluding hydrogens is 395 g/mol. The summed E-state index contributed by atoms with van der Waals surface area (Å²) in [5.74, 6) is -0.361. The van der Waals surface area contributed by atoms with Crippen molar-refractivity contribution in [3.63, 3.8) is 0 Å². The number of aliphatic hydroxyl groups is 1. The van der Waals surface area contributed by atoms with E-state index >= 15 is 0 Å². The normalized spacial score (nSPS) is 15.0. The van der Waals surface area contributed by atoms with E-state index in [0.717, 1.165) is 29.9 Å². The van der Waals surface area contributed by atoms with E-state index in [1.54, 1.807) is 29.0 Å². The standard InChI is InChI=1S/C24H25FN4O2/c25-21-9-6-19(7-10-21)24-20(18-29(26-24)22-4-2-1-3-5-22)8-11-23(31)28-14-12-27(13-15-28)16-17-30/h1-11,18,30H,12-17H2/b11-8+. The number of halogens is 1. The minimum Gasteiger partial charge on any atom is -0.395 e. The van der Waals surface area contributed by atoms with Crippen LogP contribution in [-0.4, -0.2) is 69.9 Å². The second kappa shape index (κ2) is 9.68. The Kier molecular flexibility index (Phi) is 6.54. The number of piperazine rings is 1. The fraction of sp³-hybridized carbons (Fsp3) is 0.250. The first-order chi connectivity index (χ1) is 15.1. The summed E-state index contributed by atoms with van der Waals surface area (Å²) in [5, 5.41) is 13.8. The fourth-order valence-electron chi connectivity index (χ4n) is 3.65.